The van der Waals surface area contributed by atoms with E-state index in [0.29, 0.717) is 13.0 Å². The van der Waals surface area contributed by atoms with Crippen LogP contribution in [0.1, 0.15) is 36.7 Å². The van der Waals surface area contributed by atoms with Crippen molar-refractivity contribution >= 4 is 11.9 Å². The number of aliphatic carboxylic acids is 1. The van der Waals surface area contributed by atoms with E-state index in [-0.39, 0.29) is 5.91 Å². The molecule has 1 saturated heterocycles. The van der Waals surface area contributed by atoms with Crippen LogP contribution in [0.2, 0.25) is 0 Å². The number of carboxylic acid groups (broad SMARTS) is 1. The number of amides is 1. The normalized spacial score (nSPS) is 17.5. The second kappa shape index (κ2) is 7.42. The summed E-state index contributed by atoms with van der Waals surface area (Å²) in [6.45, 7) is 6.81. The van der Waals surface area contributed by atoms with E-state index in [2.05, 4.69) is 16.9 Å². The Hall–Kier alpha value is -2.10. The van der Waals surface area contributed by atoms with Gasteiger partial charge in [-0.15, -0.1) is 0 Å². The highest BCUT2D eigenvalue weighted by molar-refractivity contribution is 5.78. The zero-order valence-corrected chi connectivity index (χ0v) is 14.1. The third kappa shape index (κ3) is 4.50. The minimum absolute atomic E-state index is 0.278. The molecule has 0 bridgehead atoms. The van der Waals surface area contributed by atoms with Gasteiger partial charge in [-0.25, -0.2) is 4.79 Å². The van der Waals surface area contributed by atoms with Crippen LogP contribution < -0.4 is 0 Å². The van der Waals surface area contributed by atoms with E-state index in [1.54, 1.807) is 0 Å². The molecule has 2 aliphatic heterocycles. The van der Waals surface area contributed by atoms with Crippen LogP contribution >= 0.6 is 0 Å². The second-order valence-electron chi connectivity index (χ2n) is 6.02. The van der Waals surface area contributed by atoms with E-state index in [9.17, 15) is 18.0 Å². The number of rotatable bonds is 3. The van der Waals surface area contributed by atoms with E-state index in [4.69, 9.17) is 9.90 Å². The number of nitrogens with zero attached hydrogens (tertiary/aromatic N) is 4. The zero-order valence-electron chi connectivity index (χ0n) is 14.1. The molecule has 2 aliphatic rings. The maximum atomic E-state index is 11.7. The predicted octanol–water partition coefficient (Wildman–Crippen LogP) is 1.51. The lowest BCUT2D eigenvalue weighted by Crippen LogP contribution is -2.25. The molecule has 0 radical (unpaired) electrons. The van der Waals surface area contributed by atoms with Gasteiger partial charge < -0.3 is 10.0 Å². The second-order valence-corrected chi connectivity index (χ2v) is 6.02. The number of carboxylic acids is 1. The molecule has 0 aromatic carbocycles. The van der Waals surface area contributed by atoms with Crippen molar-refractivity contribution in [2.45, 2.75) is 45.6 Å². The van der Waals surface area contributed by atoms with Crippen molar-refractivity contribution in [2.24, 2.45) is 7.05 Å². The molecular formula is C15H21F3N4O3. The van der Waals surface area contributed by atoms with Gasteiger partial charge in [0.25, 0.3) is 0 Å². The summed E-state index contributed by atoms with van der Waals surface area (Å²) in [7, 11) is 2.01. The van der Waals surface area contributed by atoms with Crippen molar-refractivity contribution < 1.29 is 27.9 Å². The fourth-order valence-corrected chi connectivity index (χ4v) is 2.94. The average molecular weight is 362 g/mol. The summed E-state index contributed by atoms with van der Waals surface area (Å²) in [6.07, 6.45) is -3.38. The first-order valence-electron chi connectivity index (χ1n) is 7.97. The largest absolute Gasteiger partial charge is 0.490 e. The minimum Gasteiger partial charge on any atom is -0.475 e. The number of carbonyl (C=O) groups is 2. The molecule has 0 saturated carbocycles. The molecule has 1 N–H and O–H groups in total. The van der Waals surface area contributed by atoms with Crippen molar-refractivity contribution in [2.75, 3.05) is 13.1 Å². The van der Waals surface area contributed by atoms with Gasteiger partial charge in [0.15, 0.2) is 0 Å². The SMILES string of the molecule is CCN1Cc2c(CN3CCCC3=O)nn(C)c2C1.O=C(O)C(F)(F)F. The summed E-state index contributed by atoms with van der Waals surface area (Å²) >= 11 is 0. The van der Waals surface area contributed by atoms with E-state index in [1.165, 1.54) is 11.3 Å². The van der Waals surface area contributed by atoms with Gasteiger partial charge in [0, 0.05) is 38.7 Å². The Balaban J connectivity index is 0.000000277. The first-order valence-corrected chi connectivity index (χ1v) is 7.97. The van der Waals surface area contributed by atoms with Crippen LogP contribution in [-0.4, -0.2) is 55.8 Å². The van der Waals surface area contributed by atoms with Gasteiger partial charge in [-0.05, 0) is 13.0 Å². The molecule has 0 aliphatic carbocycles. The van der Waals surface area contributed by atoms with Gasteiger partial charge in [0.1, 0.15) is 0 Å². The van der Waals surface area contributed by atoms with Crippen molar-refractivity contribution in [1.82, 2.24) is 19.6 Å². The Morgan fingerprint density at radius 1 is 1.32 bits per heavy atom. The number of hydrogen-bond acceptors (Lipinski definition) is 4. The summed E-state index contributed by atoms with van der Waals surface area (Å²) in [4.78, 5) is 24.9. The summed E-state index contributed by atoms with van der Waals surface area (Å²) < 4.78 is 33.7. The summed E-state index contributed by atoms with van der Waals surface area (Å²) in [5, 5.41) is 11.7. The molecule has 0 unspecified atom stereocenters. The molecular weight excluding hydrogens is 341 g/mol. The molecule has 1 fully saturated rings. The van der Waals surface area contributed by atoms with Gasteiger partial charge in [0.05, 0.1) is 17.9 Å². The first-order chi connectivity index (χ1) is 11.6. The Morgan fingerprint density at radius 2 is 1.96 bits per heavy atom. The Morgan fingerprint density at radius 3 is 2.44 bits per heavy atom. The van der Waals surface area contributed by atoms with E-state index >= 15 is 0 Å². The highest BCUT2D eigenvalue weighted by atomic mass is 19.4. The number of likely N-dealkylation sites (tertiary alicyclic amines) is 1. The van der Waals surface area contributed by atoms with Crippen LogP contribution in [0.5, 0.6) is 0 Å². The molecule has 140 valence electrons. The molecule has 3 heterocycles. The number of alkyl halides is 3. The lowest BCUT2D eigenvalue weighted by molar-refractivity contribution is -0.192. The Kier molecular flexibility index (Phi) is 5.71. The third-order valence-electron chi connectivity index (χ3n) is 4.31. The zero-order chi connectivity index (χ0) is 18.8. The van der Waals surface area contributed by atoms with Crippen molar-refractivity contribution in [3.05, 3.63) is 17.0 Å². The van der Waals surface area contributed by atoms with Gasteiger partial charge in [-0.2, -0.15) is 18.3 Å². The topological polar surface area (TPSA) is 78.7 Å². The van der Waals surface area contributed by atoms with E-state index < -0.39 is 12.1 Å². The number of aryl methyl sites for hydroxylation is 1. The van der Waals surface area contributed by atoms with Crippen LogP contribution in [0.3, 0.4) is 0 Å². The molecule has 7 nitrogen and oxygen atoms in total. The molecule has 1 amide bonds. The summed E-state index contributed by atoms with van der Waals surface area (Å²) in [5.41, 5.74) is 3.76. The van der Waals surface area contributed by atoms with Crippen molar-refractivity contribution in [3.63, 3.8) is 0 Å². The highest BCUT2D eigenvalue weighted by Gasteiger charge is 2.38. The predicted molar refractivity (Wildman–Crippen MR) is 81.3 cm³/mol. The summed E-state index contributed by atoms with van der Waals surface area (Å²) in [6, 6.07) is 0. The Labute approximate surface area is 143 Å². The Bertz CT molecular complexity index is 657. The molecule has 0 atom stereocenters. The van der Waals surface area contributed by atoms with Crippen LogP contribution in [-0.2, 0) is 36.3 Å². The van der Waals surface area contributed by atoms with Crippen LogP contribution in [0.4, 0.5) is 13.2 Å². The molecule has 0 spiro atoms. The fourth-order valence-electron chi connectivity index (χ4n) is 2.94. The monoisotopic (exact) mass is 362 g/mol. The number of carbonyl (C=O) groups excluding carboxylic acids is 1. The van der Waals surface area contributed by atoms with Crippen molar-refractivity contribution in [1.29, 1.82) is 0 Å². The number of halogens is 3. The van der Waals surface area contributed by atoms with E-state index in [0.717, 1.165) is 38.3 Å². The number of aromatic nitrogens is 2. The molecule has 1 aromatic heterocycles. The van der Waals surface area contributed by atoms with Crippen LogP contribution in [0, 0.1) is 0 Å². The number of fused-ring (bicyclic) bond motifs is 1. The maximum absolute atomic E-state index is 11.7. The highest BCUT2D eigenvalue weighted by Crippen LogP contribution is 2.26. The molecule has 1 aromatic rings. The van der Waals surface area contributed by atoms with Crippen LogP contribution in [0.15, 0.2) is 0 Å². The molecule has 10 heteroatoms. The first kappa shape index (κ1) is 19.2. The van der Waals surface area contributed by atoms with E-state index in [1.807, 2.05) is 16.6 Å². The molecule has 3 rings (SSSR count). The average Bonchev–Trinajstić information content (AvgIpc) is 3.18. The standard InChI is InChI=1S/C13H20N4O.C2HF3O2/c1-3-16-7-10-11(14-15(2)12(10)9-16)8-17-6-4-5-13(17)18;3-2(4,5)1(6)7/h3-9H2,1-2H3;(H,6,7). The third-order valence-corrected chi connectivity index (χ3v) is 4.31. The quantitative estimate of drug-likeness (QED) is 0.882. The maximum Gasteiger partial charge on any atom is 0.490 e. The smallest absolute Gasteiger partial charge is 0.475 e. The van der Waals surface area contributed by atoms with Gasteiger partial charge in [-0.1, -0.05) is 6.92 Å². The fraction of sp³-hybridized carbons (Fsp3) is 0.667. The van der Waals surface area contributed by atoms with Crippen molar-refractivity contribution in [3.8, 4) is 0 Å². The lowest BCUT2D eigenvalue weighted by Gasteiger charge is -2.15. The lowest BCUT2D eigenvalue weighted by atomic mass is 10.2. The minimum atomic E-state index is -5.08. The van der Waals surface area contributed by atoms with Gasteiger partial charge >= 0.3 is 12.1 Å². The molecule has 25 heavy (non-hydrogen) atoms. The van der Waals surface area contributed by atoms with Gasteiger partial charge in [-0.3, -0.25) is 14.4 Å². The van der Waals surface area contributed by atoms with Crippen LogP contribution in [0.25, 0.3) is 0 Å². The number of hydrogen-bond donors (Lipinski definition) is 1. The van der Waals surface area contributed by atoms with Gasteiger partial charge in [0.2, 0.25) is 5.91 Å². The summed E-state index contributed by atoms with van der Waals surface area (Å²) in [5.74, 6) is -2.48.